The Kier molecular flexibility index (Phi) is 3.89. The van der Waals surface area contributed by atoms with Gasteiger partial charge < -0.3 is 10.1 Å². The number of carbonyl (C=O) groups is 1. The first kappa shape index (κ1) is 18.6. The summed E-state index contributed by atoms with van der Waals surface area (Å²) in [6.45, 7) is 6.38. The maximum Gasteiger partial charge on any atom is 0.261 e. The molecule has 0 saturated heterocycles. The number of aliphatic hydroxyl groups is 1. The number of anilines is 1. The number of amides is 1. The summed E-state index contributed by atoms with van der Waals surface area (Å²) in [6, 6.07) is 20.5. The van der Waals surface area contributed by atoms with Crippen molar-refractivity contribution in [3.05, 3.63) is 95.3 Å². The first-order valence-electron chi connectivity index (χ1n) is 9.93. The number of imidazole rings is 1. The van der Waals surface area contributed by atoms with Gasteiger partial charge in [0.05, 0.1) is 11.0 Å². The van der Waals surface area contributed by atoms with Crippen molar-refractivity contribution < 1.29 is 9.90 Å². The normalized spacial score (nSPS) is 18.8. The molecule has 1 aliphatic rings. The number of aromatic nitrogens is 2. The molecule has 0 saturated carbocycles. The summed E-state index contributed by atoms with van der Waals surface area (Å²) < 4.78 is 0. The minimum atomic E-state index is -1.64. The van der Waals surface area contributed by atoms with Crippen molar-refractivity contribution in [1.82, 2.24) is 9.97 Å². The smallest absolute Gasteiger partial charge is 0.261 e. The van der Waals surface area contributed by atoms with Crippen LogP contribution in [0.3, 0.4) is 0 Å². The Hall–Kier alpha value is -3.44. The second-order valence-electron chi connectivity index (χ2n) is 8.74. The van der Waals surface area contributed by atoms with E-state index in [0.29, 0.717) is 27.9 Å². The summed E-state index contributed by atoms with van der Waals surface area (Å²) in [6.07, 6.45) is 2.73. The standard InChI is InChI=1S/C25H22N3O2/c1-24(2,3)16-7-6-8-18(13-16)28-23(29)19-9-4-5-10-20(19)25(28,30)17-11-12-21-22(14-17)27-15-26-21/h4-14,30H,1-3H3,(H,26,27). The number of carbonyl (C=O) groups excluding carboxylic acids is 1. The molecule has 0 aliphatic carbocycles. The van der Waals surface area contributed by atoms with E-state index in [-0.39, 0.29) is 11.3 Å². The van der Waals surface area contributed by atoms with E-state index in [1.807, 2.05) is 54.6 Å². The fourth-order valence-corrected chi connectivity index (χ4v) is 4.16. The first-order chi connectivity index (χ1) is 14.3. The molecule has 1 aromatic heterocycles. The van der Waals surface area contributed by atoms with Crippen LogP contribution in [0.15, 0.2) is 66.7 Å². The highest BCUT2D eigenvalue weighted by atomic mass is 16.3. The monoisotopic (exact) mass is 396 g/mol. The van der Waals surface area contributed by atoms with Crippen LogP contribution >= 0.6 is 0 Å². The molecule has 1 amide bonds. The van der Waals surface area contributed by atoms with Gasteiger partial charge in [0.2, 0.25) is 0 Å². The van der Waals surface area contributed by atoms with Crippen molar-refractivity contribution in [1.29, 1.82) is 0 Å². The van der Waals surface area contributed by atoms with Crippen molar-refractivity contribution >= 4 is 22.6 Å². The zero-order valence-corrected chi connectivity index (χ0v) is 17.1. The average Bonchev–Trinajstić information content (AvgIpc) is 3.29. The van der Waals surface area contributed by atoms with E-state index in [2.05, 4.69) is 37.1 Å². The van der Waals surface area contributed by atoms with Gasteiger partial charge in [0.15, 0.2) is 12.1 Å². The number of hydrogen-bond acceptors (Lipinski definition) is 3. The van der Waals surface area contributed by atoms with Crippen LogP contribution in [0.25, 0.3) is 11.0 Å². The third-order valence-electron chi connectivity index (χ3n) is 5.80. The molecule has 1 unspecified atom stereocenters. The van der Waals surface area contributed by atoms with Gasteiger partial charge in [0.25, 0.3) is 5.91 Å². The zero-order chi connectivity index (χ0) is 21.1. The number of nitrogens with one attached hydrogen (secondary N) is 1. The number of fused-ring (bicyclic) bond motifs is 2. The van der Waals surface area contributed by atoms with E-state index in [4.69, 9.17) is 0 Å². The summed E-state index contributed by atoms with van der Waals surface area (Å²) in [5.41, 5.74) is 3.15. The average molecular weight is 396 g/mol. The second kappa shape index (κ2) is 6.28. The Morgan fingerprint density at radius 3 is 2.63 bits per heavy atom. The molecule has 3 aromatic carbocycles. The van der Waals surface area contributed by atoms with Crippen LogP contribution in [0.4, 0.5) is 5.69 Å². The summed E-state index contributed by atoms with van der Waals surface area (Å²) in [4.78, 5) is 22.1. The summed E-state index contributed by atoms with van der Waals surface area (Å²) in [5.74, 6) is -0.229. The summed E-state index contributed by atoms with van der Waals surface area (Å²) in [5, 5.41) is 12.1. The van der Waals surface area contributed by atoms with E-state index in [1.54, 1.807) is 12.1 Å². The van der Waals surface area contributed by atoms with E-state index < -0.39 is 5.72 Å². The quantitative estimate of drug-likeness (QED) is 0.524. The predicted molar refractivity (Wildman–Crippen MR) is 116 cm³/mol. The molecule has 1 radical (unpaired) electrons. The van der Waals surface area contributed by atoms with Crippen LogP contribution in [0, 0.1) is 6.33 Å². The van der Waals surface area contributed by atoms with Gasteiger partial charge in [0.1, 0.15) is 0 Å². The van der Waals surface area contributed by atoms with Gasteiger partial charge in [-0.05, 0) is 41.3 Å². The van der Waals surface area contributed by atoms with Gasteiger partial charge in [-0.1, -0.05) is 57.2 Å². The van der Waals surface area contributed by atoms with Gasteiger partial charge in [-0.15, -0.1) is 0 Å². The van der Waals surface area contributed by atoms with Crippen LogP contribution in [0.2, 0.25) is 0 Å². The molecular formula is C25H22N3O2. The Bertz CT molecular complexity index is 1280. The largest absolute Gasteiger partial charge is 0.363 e. The van der Waals surface area contributed by atoms with Crippen molar-refractivity contribution in [3.63, 3.8) is 0 Å². The van der Waals surface area contributed by atoms with Gasteiger partial charge in [0, 0.05) is 22.4 Å². The molecule has 0 fully saturated rings. The van der Waals surface area contributed by atoms with Crippen LogP contribution in [0.1, 0.15) is 47.8 Å². The van der Waals surface area contributed by atoms with Gasteiger partial charge in [-0.3, -0.25) is 9.69 Å². The number of nitrogens with zero attached hydrogens (tertiary/aromatic N) is 2. The molecule has 0 spiro atoms. The maximum absolute atomic E-state index is 13.5. The molecule has 5 nitrogen and oxygen atoms in total. The molecule has 2 heterocycles. The third-order valence-corrected chi connectivity index (χ3v) is 5.80. The number of rotatable bonds is 2. The molecule has 149 valence electrons. The minimum Gasteiger partial charge on any atom is -0.363 e. The van der Waals surface area contributed by atoms with Crippen molar-refractivity contribution in [2.75, 3.05) is 4.90 Å². The first-order valence-corrected chi connectivity index (χ1v) is 9.93. The third kappa shape index (κ3) is 2.59. The van der Waals surface area contributed by atoms with Crippen molar-refractivity contribution in [3.8, 4) is 0 Å². The Morgan fingerprint density at radius 2 is 1.83 bits per heavy atom. The molecular weight excluding hydrogens is 374 g/mol. The van der Waals surface area contributed by atoms with Crippen LogP contribution in [-0.2, 0) is 11.1 Å². The van der Waals surface area contributed by atoms with Gasteiger partial charge in [-0.2, -0.15) is 0 Å². The lowest BCUT2D eigenvalue weighted by molar-refractivity contribution is 0.0704. The lowest BCUT2D eigenvalue weighted by Crippen LogP contribution is -2.45. The summed E-state index contributed by atoms with van der Waals surface area (Å²) >= 11 is 0. The highest BCUT2D eigenvalue weighted by Gasteiger charge is 2.50. The SMILES string of the molecule is CC(C)(C)c1cccc(N2C(=O)c3ccccc3C2(O)c2ccc3[nH][c]nc3c2)c1. The second-order valence-corrected chi connectivity index (χ2v) is 8.74. The Labute approximate surface area is 175 Å². The van der Waals surface area contributed by atoms with Crippen LogP contribution in [-0.4, -0.2) is 21.0 Å². The fourth-order valence-electron chi connectivity index (χ4n) is 4.16. The number of aromatic amines is 1. The molecule has 1 atom stereocenters. The van der Waals surface area contributed by atoms with Crippen LogP contribution in [0.5, 0.6) is 0 Å². The van der Waals surface area contributed by atoms with Crippen molar-refractivity contribution in [2.24, 2.45) is 0 Å². The molecule has 5 rings (SSSR count). The lowest BCUT2D eigenvalue weighted by Gasteiger charge is -2.35. The fraction of sp³-hybridized carbons (Fsp3) is 0.200. The van der Waals surface area contributed by atoms with E-state index in [1.165, 1.54) is 4.90 Å². The predicted octanol–water partition coefficient (Wildman–Crippen LogP) is 4.51. The molecule has 2 N–H and O–H groups in total. The summed E-state index contributed by atoms with van der Waals surface area (Å²) in [7, 11) is 0. The zero-order valence-electron chi connectivity index (χ0n) is 17.1. The number of H-pyrrole nitrogens is 1. The Balaban J connectivity index is 1.76. The molecule has 0 bridgehead atoms. The molecule has 30 heavy (non-hydrogen) atoms. The maximum atomic E-state index is 13.5. The topological polar surface area (TPSA) is 69.2 Å². The Morgan fingerprint density at radius 1 is 1.03 bits per heavy atom. The van der Waals surface area contributed by atoms with Gasteiger partial charge in [-0.25, -0.2) is 4.98 Å². The van der Waals surface area contributed by atoms with Gasteiger partial charge >= 0.3 is 0 Å². The lowest BCUT2D eigenvalue weighted by atomic mass is 9.86. The molecule has 4 aromatic rings. The number of benzene rings is 3. The molecule has 1 aliphatic heterocycles. The van der Waals surface area contributed by atoms with E-state index in [9.17, 15) is 9.90 Å². The minimum absolute atomic E-state index is 0.0897. The number of hydrogen-bond donors (Lipinski definition) is 2. The molecule has 5 heteroatoms. The highest BCUT2D eigenvalue weighted by molar-refractivity contribution is 6.12. The van der Waals surface area contributed by atoms with E-state index >= 15 is 0 Å². The van der Waals surface area contributed by atoms with Crippen molar-refractivity contribution in [2.45, 2.75) is 31.9 Å². The highest BCUT2D eigenvalue weighted by Crippen LogP contribution is 2.45. The van der Waals surface area contributed by atoms with E-state index in [0.717, 1.165) is 11.1 Å². The van der Waals surface area contributed by atoms with Crippen LogP contribution < -0.4 is 4.90 Å².